The first kappa shape index (κ1) is 12.8. The van der Waals surface area contributed by atoms with Crippen LogP contribution in [0.5, 0.6) is 0 Å². The molecule has 3 nitrogen and oxygen atoms in total. The zero-order valence-electron chi connectivity index (χ0n) is 10.2. The number of carbonyl (C=O) groups is 1. The van der Waals surface area contributed by atoms with Crippen LogP contribution >= 0.6 is 22.9 Å². The fraction of sp³-hybridized carbons (Fsp3) is 0.667. The van der Waals surface area contributed by atoms with E-state index in [0.29, 0.717) is 5.88 Å². The maximum atomic E-state index is 12.2. The van der Waals surface area contributed by atoms with Crippen molar-refractivity contribution in [3.8, 4) is 0 Å². The van der Waals surface area contributed by atoms with Gasteiger partial charge >= 0.3 is 0 Å². The smallest absolute Gasteiger partial charge is 0.263 e. The molecule has 0 aliphatic heterocycles. The summed E-state index contributed by atoms with van der Waals surface area (Å²) in [5, 5.41) is 4.04. The third kappa shape index (κ3) is 2.63. The van der Waals surface area contributed by atoms with E-state index in [1.165, 1.54) is 11.3 Å². The minimum Gasteiger partial charge on any atom is -0.345 e. The van der Waals surface area contributed by atoms with Gasteiger partial charge in [0.25, 0.3) is 5.91 Å². The van der Waals surface area contributed by atoms with Gasteiger partial charge in [0.15, 0.2) is 0 Å². The van der Waals surface area contributed by atoms with Gasteiger partial charge in [-0.1, -0.05) is 12.8 Å². The van der Waals surface area contributed by atoms with Crippen LogP contribution in [0.1, 0.15) is 46.1 Å². The predicted octanol–water partition coefficient (Wildman–Crippen LogP) is 3.04. The average molecular weight is 273 g/mol. The van der Waals surface area contributed by atoms with Crippen molar-refractivity contribution in [2.75, 3.05) is 5.88 Å². The molecule has 0 aromatic carbocycles. The molecule has 1 aromatic heterocycles. The highest BCUT2D eigenvalue weighted by Crippen LogP contribution is 2.31. The number of nitrogens with zero attached hydrogens (tertiary/aromatic N) is 1. The van der Waals surface area contributed by atoms with Crippen molar-refractivity contribution in [3.63, 3.8) is 0 Å². The number of amides is 1. The van der Waals surface area contributed by atoms with E-state index >= 15 is 0 Å². The van der Waals surface area contributed by atoms with E-state index in [4.69, 9.17) is 11.6 Å². The zero-order chi connectivity index (χ0) is 12.5. The number of hydrogen-bond donors (Lipinski definition) is 1. The molecule has 5 heteroatoms. The van der Waals surface area contributed by atoms with Crippen LogP contribution in [0.25, 0.3) is 0 Å². The van der Waals surface area contributed by atoms with Crippen LogP contribution in [0.15, 0.2) is 0 Å². The number of carbonyl (C=O) groups excluding carboxylic acids is 1. The minimum absolute atomic E-state index is 0.0179. The first-order valence-corrected chi connectivity index (χ1v) is 7.24. The second kappa shape index (κ2) is 4.94. The van der Waals surface area contributed by atoms with Crippen molar-refractivity contribution in [1.29, 1.82) is 0 Å². The Kier molecular flexibility index (Phi) is 3.73. The standard InChI is InChI=1S/C12H17ClN2OS/c1-8-10(17-9(2)14-8)11(16)15-12(7-13)5-3-4-6-12/h3-7H2,1-2H3,(H,15,16). The van der Waals surface area contributed by atoms with Gasteiger partial charge in [-0.05, 0) is 26.7 Å². The van der Waals surface area contributed by atoms with Gasteiger partial charge in [-0.15, -0.1) is 22.9 Å². The van der Waals surface area contributed by atoms with E-state index in [1.54, 1.807) is 0 Å². The molecule has 1 fully saturated rings. The van der Waals surface area contributed by atoms with Gasteiger partial charge < -0.3 is 5.32 Å². The van der Waals surface area contributed by atoms with E-state index in [2.05, 4.69) is 10.3 Å². The Bertz CT molecular complexity index is 424. The summed E-state index contributed by atoms with van der Waals surface area (Å²) >= 11 is 7.46. The Morgan fingerprint density at radius 1 is 1.47 bits per heavy atom. The van der Waals surface area contributed by atoms with Gasteiger partial charge in [0.1, 0.15) is 4.88 Å². The Hall–Kier alpha value is -0.610. The summed E-state index contributed by atoms with van der Waals surface area (Å²) in [5.74, 6) is 0.478. The highest BCUT2D eigenvalue weighted by molar-refractivity contribution is 7.13. The van der Waals surface area contributed by atoms with E-state index in [-0.39, 0.29) is 11.4 Å². The summed E-state index contributed by atoms with van der Waals surface area (Å²) in [6.07, 6.45) is 4.26. The first-order valence-electron chi connectivity index (χ1n) is 5.89. The number of rotatable bonds is 3. The average Bonchev–Trinajstić information content (AvgIpc) is 2.86. The van der Waals surface area contributed by atoms with Gasteiger partial charge in [0.05, 0.1) is 16.2 Å². The van der Waals surface area contributed by atoms with Crippen molar-refractivity contribution >= 4 is 28.8 Å². The summed E-state index contributed by atoms with van der Waals surface area (Å²) < 4.78 is 0. The molecular weight excluding hydrogens is 256 g/mol. The van der Waals surface area contributed by atoms with Crippen molar-refractivity contribution in [2.24, 2.45) is 0 Å². The Morgan fingerprint density at radius 2 is 2.12 bits per heavy atom. The molecule has 1 heterocycles. The Morgan fingerprint density at radius 3 is 2.59 bits per heavy atom. The quantitative estimate of drug-likeness (QED) is 0.860. The third-order valence-electron chi connectivity index (χ3n) is 3.30. The van der Waals surface area contributed by atoms with Gasteiger partial charge in [-0.25, -0.2) is 4.98 Å². The first-order chi connectivity index (χ1) is 8.06. The Balaban J connectivity index is 2.13. The zero-order valence-corrected chi connectivity index (χ0v) is 11.7. The van der Waals surface area contributed by atoms with Crippen molar-refractivity contribution < 1.29 is 4.79 Å². The summed E-state index contributed by atoms with van der Waals surface area (Å²) in [5.41, 5.74) is 0.621. The lowest BCUT2D eigenvalue weighted by atomic mass is 10.0. The van der Waals surface area contributed by atoms with E-state index in [9.17, 15) is 4.79 Å². The molecule has 0 radical (unpaired) electrons. The number of thiazole rings is 1. The maximum absolute atomic E-state index is 12.2. The van der Waals surface area contributed by atoms with E-state index < -0.39 is 0 Å². The number of aryl methyl sites for hydroxylation is 2. The molecule has 0 bridgehead atoms. The maximum Gasteiger partial charge on any atom is 0.263 e. The molecule has 94 valence electrons. The van der Waals surface area contributed by atoms with Gasteiger partial charge in [0.2, 0.25) is 0 Å². The fourth-order valence-electron chi connectivity index (χ4n) is 2.38. The fourth-order valence-corrected chi connectivity index (χ4v) is 3.53. The van der Waals surface area contributed by atoms with Crippen molar-refractivity contribution in [2.45, 2.75) is 45.1 Å². The second-order valence-corrected chi connectivity index (χ2v) is 6.19. The van der Waals surface area contributed by atoms with Crippen LogP contribution < -0.4 is 5.32 Å². The molecule has 0 atom stereocenters. The van der Waals surface area contributed by atoms with Crippen LogP contribution in [0.4, 0.5) is 0 Å². The number of halogens is 1. The van der Waals surface area contributed by atoms with Gasteiger partial charge in [-0.2, -0.15) is 0 Å². The molecule has 0 saturated heterocycles. The molecule has 1 saturated carbocycles. The summed E-state index contributed by atoms with van der Waals surface area (Å²) in [4.78, 5) is 17.2. The number of aromatic nitrogens is 1. The molecule has 0 unspecified atom stereocenters. The molecule has 17 heavy (non-hydrogen) atoms. The number of alkyl halides is 1. The SMILES string of the molecule is Cc1nc(C)c(C(=O)NC2(CCl)CCCC2)s1. The normalized spacial score (nSPS) is 18.3. The third-order valence-corrected chi connectivity index (χ3v) is 4.89. The number of hydrogen-bond acceptors (Lipinski definition) is 3. The lowest BCUT2D eigenvalue weighted by molar-refractivity contribution is 0.0912. The lowest BCUT2D eigenvalue weighted by Gasteiger charge is -2.27. The second-order valence-electron chi connectivity index (χ2n) is 4.72. The molecular formula is C12H17ClN2OS. The summed E-state index contributed by atoms with van der Waals surface area (Å²) in [6.45, 7) is 3.79. The molecule has 1 N–H and O–H groups in total. The van der Waals surface area contributed by atoms with Crippen LogP contribution in [-0.4, -0.2) is 22.3 Å². The lowest BCUT2D eigenvalue weighted by Crippen LogP contribution is -2.47. The van der Waals surface area contributed by atoms with Crippen molar-refractivity contribution in [3.05, 3.63) is 15.6 Å². The van der Waals surface area contributed by atoms with E-state index in [1.807, 2.05) is 13.8 Å². The van der Waals surface area contributed by atoms with Crippen LogP contribution in [-0.2, 0) is 0 Å². The Labute approximate surface area is 111 Å². The molecule has 2 rings (SSSR count). The van der Waals surface area contributed by atoms with Crippen LogP contribution in [0.2, 0.25) is 0 Å². The highest BCUT2D eigenvalue weighted by Gasteiger charge is 2.35. The predicted molar refractivity (Wildman–Crippen MR) is 71.0 cm³/mol. The minimum atomic E-state index is -0.191. The van der Waals surface area contributed by atoms with Crippen LogP contribution in [0.3, 0.4) is 0 Å². The molecule has 1 aliphatic carbocycles. The van der Waals surface area contributed by atoms with Crippen LogP contribution in [0, 0.1) is 13.8 Å². The molecule has 1 amide bonds. The highest BCUT2D eigenvalue weighted by atomic mass is 35.5. The van der Waals surface area contributed by atoms with Crippen molar-refractivity contribution in [1.82, 2.24) is 10.3 Å². The summed E-state index contributed by atoms with van der Waals surface area (Å²) in [7, 11) is 0. The monoisotopic (exact) mass is 272 g/mol. The molecule has 1 aliphatic rings. The molecule has 0 spiro atoms. The largest absolute Gasteiger partial charge is 0.345 e. The number of nitrogens with one attached hydrogen (secondary N) is 1. The van der Waals surface area contributed by atoms with Gasteiger partial charge in [0, 0.05) is 5.88 Å². The molecule has 1 aromatic rings. The summed E-state index contributed by atoms with van der Waals surface area (Å²) in [6, 6.07) is 0. The van der Waals surface area contributed by atoms with E-state index in [0.717, 1.165) is 41.3 Å². The van der Waals surface area contributed by atoms with Gasteiger partial charge in [-0.3, -0.25) is 4.79 Å². The topological polar surface area (TPSA) is 42.0 Å².